The van der Waals surface area contributed by atoms with Crippen molar-refractivity contribution in [1.82, 2.24) is 15.2 Å². The molecule has 0 aliphatic carbocycles. The highest BCUT2D eigenvalue weighted by Crippen LogP contribution is 2.46. The predicted octanol–water partition coefficient (Wildman–Crippen LogP) is 5.76. The van der Waals surface area contributed by atoms with Crippen molar-refractivity contribution in [2.45, 2.75) is 25.8 Å². The fourth-order valence-corrected chi connectivity index (χ4v) is 6.22. The first kappa shape index (κ1) is 25.5. The van der Waals surface area contributed by atoms with Gasteiger partial charge in [0, 0.05) is 25.3 Å². The number of nitrogens with zero attached hydrogens (tertiary/aromatic N) is 4. The number of benzene rings is 2. The second-order valence-electron chi connectivity index (χ2n) is 9.64. The first-order valence-electron chi connectivity index (χ1n) is 12.9. The quantitative estimate of drug-likeness (QED) is 0.291. The van der Waals surface area contributed by atoms with Gasteiger partial charge in [-0.25, -0.2) is 9.78 Å². The van der Waals surface area contributed by atoms with Crippen LogP contribution in [0.2, 0.25) is 0 Å². The van der Waals surface area contributed by atoms with Crippen LogP contribution in [0.3, 0.4) is 0 Å². The van der Waals surface area contributed by atoms with Crippen LogP contribution in [-0.2, 0) is 0 Å². The Labute approximate surface area is 234 Å². The van der Waals surface area contributed by atoms with Crippen molar-refractivity contribution in [3.63, 3.8) is 0 Å². The molecule has 3 amide bonds. The number of ether oxygens (including phenoxy) is 2. The third kappa shape index (κ3) is 4.52. The van der Waals surface area contributed by atoms with E-state index in [1.165, 1.54) is 11.3 Å². The molecule has 1 saturated heterocycles. The molecule has 1 fully saturated rings. The van der Waals surface area contributed by atoms with E-state index in [-0.39, 0.29) is 18.0 Å². The molecule has 4 aromatic rings. The van der Waals surface area contributed by atoms with E-state index in [0.29, 0.717) is 62.5 Å². The number of pyridine rings is 1. The third-order valence-electron chi connectivity index (χ3n) is 7.06. The maximum Gasteiger partial charge on any atom is 0.331 e. The van der Waals surface area contributed by atoms with E-state index < -0.39 is 0 Å². The summed E-state index contributed by atoms with van der Waals surface area (Å²) in [4.78, 5) is 35.6. The van der Waals surface area contributed by atoms with Crippen molar-refractivity contribution in [3.05, 3.63) is 65.2 Å². The van der Waals surface area contributed by atoms with Crippen LogP contribution in [-0.4, -0.2) is 48.1 Å². The topological polar surface area (TPSA) is 120 Å². The fraction of sp³-hybridized carbons (Fsp3) is 0.241. The largest absolute Gasteiger partial charge is 0.493 e. The van der Waals surface area contributed by atoms with E-state index in [4.69, 9.17) is 9.47 Å². The number of carbonyl (C=O) groups excluding carboxylic acids is 2. The number of amides is 3. The number of anilines is 3. The van der Waals surface area contributed by atoms with Crippen molar-refractivity contribution < 1.29 is 19.1 Å². The van der Waals surface area contributed by atoms with E-state index in [9.17, 15) is 14.9 Å². The van der Waals surface area contributed by atoms with Crippen LogP contribution in [0.1, 0.15) is 28.1 Å². The summed E-state index contributed by atoms with van der Waals surface area (Å²) in [6, 6.07) is 14.2. The van der Waals surface area contributed by atoms with Gasteiger partial charge in [-0.2, -0.15) is 5.26 Å². The van der Waals surface area contributed by atoms with Gasteiger partial charge in [0.1, 0.15) is 15.5 Å². The van der Waals surface area contributed by atoms with E-state index in [2.05, 4.69) is 21.8 Å². The molecule has 2 N–H and O–H groups in total. The van der Waals surface area contributed by atoms with Crippen molar-refractivity contribution in [2.75, 3.05) is 30.4 Å². The number of aromatic nitrogens is 1. The zero-order chi connectivity index (χ0) is 27.8. The molecule has 40 heavy (non-hydrogen) atoms. The highest BCUT2D eigenvalue weighted by molar-refractivity contribution is 7.21. The summed E-state index contributed by atoms with van der Waals surface area (Å²) in [5, 5.41) is 15.9. The normalized spacial score (nSPS) is 16.3. The molecule has 4 heterocycles. The minimum absolute atomic E-state index is 0.138. The van der Waals surface area contributed by atoms with Crippen molar-refractivity contribution in [1.29, 1.82) is 5.26 Å². The number of piperidine rings is 1. The highest BCUT2D eigenvalue weighted by atomic mass is 32.1. The van der Waals surface area contributed by atoms with Gasteiger partial charge >= 0.3 is 6.03 Å². The molecule has 0 bridgehead atoms. The maximum atomic E-state index is 13.5. The monoisotopic (exact) mass is 554 g/mol. The Hall–Kier alpha value is -4.82. The van der Waals surface area contributed by atoms with E-state index in [0.717, 1.165) is 18.4 Å². The lowest BCUT2D eigenvalue weighted by molar-refractivity contribution is 0.0923. The molecule has 2 aromatic carbocycles. The average molecular weight is 555 g/mol. The minimum atomic E-state index is -0.373. The number of aryl methyl sites for hydroxylation is 1. The van der Waals surface area contributed by atoms with Crippen LogP contribution in [0.25, 0.3) is 10.2 Å². The molecule has 202 valence electrons. The average Bonchev–Trinajstić information content (AvgIpc) is 3.34. The number of thiophene rings is 1. The SMILES string of the molecule is COc1ccccc1Oc1ccc(N2C(=O)Nc3c(C(=O)NC4CCCN(C#N)C4)sc4nccc2c34)c(C)c1. The number of hydrogen-bond acceptors (Lipinski definition) is 8. The van der Waals surface area contributed by atoms with Gasteiger partial charge in [0.15, 0.2) is 17.7 Å². The summed E-state index contributed by atoms with van der Waals surface area (Å²) in [6.45, 7) is 3.08. The number of carbonyl (C=O) groups is 2. The molecule has 10 nitrogen and oxygen atoms in total. The lowest BCUT2D eigenvalue weighted by atomic mass is 10.1. The van der Waals surface area contributed by atoms with Gasteiger partial charge < -0.3 is 25.0 Å². The summed E-state index contributed by atoms with van der Waals surface area (Å²) in [6.07, 6.45) is 5.43. The Balaban J connectivity index is 1.31. The van der Waals surface area contributed by atoms with Gasteiger partial charge in [0.05, 0.1) is 29.6 Å². The summed E-state index contributed by atoms with van der Waals surface area (Å²) in [5.74, 6) is 1.54. The van der Waals surface area contributed by atoms with E-state index in [1.807, 2.05) is 43.3 Å². The Morgan fingerprint density at radius 2 is 2.02 bits per heavy atom. The lowest BCUT2D eigenvalue weighted by Gasteiger charge is -2.30. The van der Waals surface area contributed by atoms with Crippen LogP contribution in [0.5, 0.6) is 17.2 Å². The lowest BCUT2D eigenvalue weighted by Crippen LogP contribution is -2.46. The molecule has 2 aliphatic rings. The summed E-state index contributed by atoms with van der Waals surface area (Å²) in [7, 11) is 1.59. The van der Waals surface area contributed by atoms with Gasteiger partial charge in [-0.05, 0) is 61.7 Å². The minimum Gasteiger partial charge on any atom is -0.493 e. The van der Waals surface area contributed by atoms with Crippen LogP contribution in [0, 0.1) is 18.4 Å². The number of para-hydroxylation sites is 2. The number of urea groups is 1. The Bertz CT molecular complexity index is 1680. The smallest absolute Gasteiger partial charge is 0.331 e. The third-order valence-corrected chi connectivity index (χ3v) is 8.15. The number of hydrogen-bond donors (Lipinski definition) is 2. The van der Waals surface area contributed by atoms with Gasteiger partial charge in [-0.15, -0.1) is 11.3 Å². The van der Waals surface area contributed by atoms with Crippen LogP contribution < -0.4 is 25.0 Å². The zero-order valence-electron chi connectivity index (χ0n) is 21.9. The second-order valence-corrected chi connectivity index (χ2v) is 10.6. The Kier molecular flexibility index (Phi) is 6.61. The number of nitrogens with one attached hydrogen (secondary N) is 2. The Morgan fingerprint density at radius 1 is 1.20 bits per heavy atom. The fourth-order valence-electron chi connectivity index (χ4n) is 5.19. The number of nitriles is 1. The molecule has 2 aromatic heterocycles. The zero-order valence-corrected chi connectivity index (χ0v) is 22.7. The molecule has 2 aliphatic heterocycles. The molecular formula is C29H26N6O4S. The molecular weight excluding hydrogens is 528 g/mol. The number of rotatable bonds is 6. The summed E-state index contributed by atoms with van der Waals surface area (Å²) < 4.78 is 11.4. The number of methoxy groups -OCH3 is 1. The molecule has 1 unspecified atom stereocenters. The molecule has 1 atom stereocenters. The molecule has 11 heteroatoms. The van der Waals surface area contributed by atoms with Crippen LogP contribution >= 0.6 is 11.3 Å². The van der Waals surface area contributed by atoms with Gasteiger partial charge in [-0.1, -0.05) is 12.1 Å². The van der Waals surface area contributed by atoms with Crippen LogP contribution in [0.15, 0.2) is 54.7 Å². The van der Waals surface area contributed by atoms with Crippen molar-refractivity contribution >= 4 is 50.6 Å². The first-order chi connectivity index (χ1) is 19.5. The molecule has 6 rings (SSSR count). The molecule has 0 radical (unpaired) electrons. The predicted molar refractivity (Wildman–Crippen MR) is 153 cm³/mol. The number of likely N-dealkylation sites (tertiary alicyclic amines) is 1. The van der Waals surface area contributed by atoms with Crippen molar-refractivity contribution in [3.8, 4) is 23.4 Å². The highest BCUT2D eigenvalue weighted by Gasteiger charge is 2.34. The Morgan fingerprint density at radius 3 is 2.80 bits per heavy atom. The standard InChI is InChI=1S/C29H26N6O4S/c1-17-14-19(39-23-8-4-3-7-22(23)38-2)9-10-20(17)35-21-11-12-31-28-24(21)25(33-29(35)37)26(40-28)27(36)32-18-6-5-13-34(15-18)16-30/h3-4,7-12,14,18H,5-6,13,15H2,1-2H3,(H,32,36)(H,33,37). The first-order valence-corrected chi connectivity index (χ1v) is 13.7. The molecule has 0 saturated carbocycles. The van der Waals surface area contributed by atoms with Gasteiger partial charge in [0.25, 0.3) is 5.91 Å². The van der Waals surface area contributed by atoms with Gasteiger partial charge in [0.2, 0.25) is 0 Å². The summed E-state index contributed by atoms with van der Waals surface area (Å²) >= 11 is 1.24. The van der Waals surface area contributed by atoms with Crippen LogP contribution in [0.4, 0.5) is 21.9 Å². The summed E-state index contributed by atoms with van der Waals surface area (Å²) in [5.41, 5.74) is 2.61. The van der Waals surface area contributed by atoms with E-state index >= 15 is 0 Å². The van der Waals surface area contributed by atoms with Gasteiger partial charge in [-0.3, -0.25) is 9.69 Å². The van der Waals surface area contributed by atoms with E-state index in [1.54, 1.807) is 35.2 Å². The maximum absolute atomic E-state index is 13.5. The van der Waals surface area contributed by atoms with Crippen molar-refractivity contribution in [2.24, 2.45) is 0 Å². The molecule has 0 spiro atoms. The second kappa shape index (κ2) is 10.4.